The average Bonchev–Trinajstić information content (AvgIpc) is 2.35. The molecule has 1 aromatic carbocycles. The predicted molar refractivity (Wildman–Crippen MR) is 83.8 cm³/mol. The highest BCUT2D eigenvalue weighted by atomic mass is 35.5. The molecule has 1 rings (SSSR count). The minimum atomic E-state index is -4.45. The number of ether oxygens (including phenoxy) is 1. The van der Waals surface area contributed by atoms with E-state index in [1.165, 1.54) is 6.07 Å². The Kier molecular flexibility index (Phi) is 6.16. The van der Waals surface area contributed by atoms with E-state index in [1.807, 2.05) is 0 Å². The van der Waals surface area contributed by atoms with E-state index in [9.17, 15) is 18.0 Å². The molecule has 130 valence electrons. The SMILES string of the molecule is CC(CNC(=O)OC(C)(C)C)Nc1cc(C(F)(F)F)ccc1Cl. The summed E-state index contributed by atoms with van der Waals surface area (Å²) in [5.74, 6) is 0. The largest absolute Gasteiger partial charge is 0.444 e. The number of amides is 1. The molecule has 0 aliphatic rings. The van der Waals surface area contributed by atoms with Crippen LogP contribution in [0.1, 0.15) is 33.3 Å². The van der Waals surface area contributed by atoms with Gasteiger partial charge in [0.2, 0.25) is 0 Å². The first-order chi connectivity index (χ1) is 10.4. The molecule has 0 heterocycles. The molecule has 1 unspecified atom stereocenters. The molecule has 4 nitrogen and oxygen atoms in total. The van der Waals surface area contributed by atoms with Gasteiger partial charge in [0.15, 0.2) is 0 Å². The third kappa shape index (κ3) is 6.99. The molecule has 0 bridgehead atoms. The van der Waals surface area contributed by atoms with E-state index >= 15 is 0 Å². The van der Waals surface area contributed by atoms with Gasteiger partial charge in [0.25, 0.3) is 0 Å². The fourth-order valence-corrected chi connectivity index (χ4v) is 1.85. The van der Waals surface area contributed by atoms with Gasteiger partial charge in [-0.2, -0.15) is 13.2 Å². The highest BCUT2D eigenvalue weighted by Crippen LogP contribution is 2.33. The third-order valence-electron chi connectivity index (χ3n) is 2.65. The van der Waals surface area contributed by atoms with Gasteiger partial charge < -0.3 is 15.4 Å². The van der Waals surface area contributed by atoms with Crippen molar-refractivity contribution < 1.29 is 22.7 Å². The van der Waals surface area contributed by atoms with Crippen molar-refractivity contribution in [1.29, 1.82) is 0 Å². The molecule has 0 aromatic heterocycles. The summed E-state index contributed by atoms with van der Waals surface area (Å²) in [4.78, 5) is 11.5. The van der Waals surface area contributed by atoms with Crippen LogP contribution < -0.4 is 10.6 Å². The zero-order valence-electron chi connectivity index (χ0n) is 13.3. The Hall–Kier alpha value is -1.63. The lowest BCUT2D eigenvalue weighted by Crippen LogP contribution is -2.38. The van der Waals surface area contributed by atoms with Crippen LogP contribution in [0.25, 0.3) is 0 Å². The number of carbonyl (C=O) groups excluding carboxylic acids is 1. The molecular formula is C15H20ClF3N2O2. The summed E-state index contributed by atoms with van der Waals surface area (Å²) in [6.45, 7) is 7.07. The summed E-state index contributed by atoms with van der Waals surface area (Å²) in [6.07, 6.45) is -5.04. The van der Waals surface area contributed by atoms with Crippen LogP contribution in [0.2, 0.25) is 5.02 Å². The summed E-state index contributed by atoms with van der Waals surface area (Å²) < 4.78 is 43.2. The Morgan fingerprint density at radius 2 is 1.91 bits per heavy atom. The second-order valence-electron chi connectivity index (χ2n) is 6.12. The number of alkyl carbamates (subject to hydrolysis) is 1. The van der Waals surface area contributed by atoms with Crippen molar-refractivity contribution in [2.45, 2.75) is 45.5 Å². The molecule has 0 radical (unpaired) electrons. The van der Waals surface area contributed by atoms with Gasteiger partial charge >= 0.3 is 12.3 Å². The number of carbonyl (C=O) groups is 1. The summed E-state index contributed by atoms with van der Waals surface area (Å²) in [6, 6.07) is 2.69. The van der Waals surface area contributed by atoms with E-state index in [2.05, 4.69) is 10.6 Å². The molecule has 23 heavy (non-hydrogen) atoms. The summed E-state index contributed by atoms with van der Waals surface area (Å²) in [7, 11) is 0. The van der Waals surface area contributed by atoms with E-state index < -0.39 is 23.4 Å². The van der Waals surface area contributed by atoms with Gasteiger partial charge in [-0.1, -0.05) is 11.6 Å². The van der Waals surface area contributed by atoms with E-state index in [0.717, 1.165) is 12.1 Å². The summed E-state index contributed by atoms with van der Waals surface area (Å²) >= 11 is 5.90. The molecule has 0 spiro atoms. The predicted octanol–water partition coefficient (Wildman–Crippen LogP) is 4.68. The van der Waals surface area contributed by atoms with Crippen molar-refractivity contribution in [1.82, 2.24) is 5.32 Å². The van der Waals surface area contributed by atoms with Gasteiger partial charge in [0, 0.05) is 12.6 Å². The maximum atomic E-state index is 12.7. The Morgan fingerprint density at radius 3 is 2.43 bits per heavy atom. The van der Waals surface area contributed by atoms with E-state index in [1.54, 1.807) is 27.7 Å². The number of rotatable bonds is 4. The number of alkyl halides is 3. The fourth-order valence-electron chi connectivity index (χ4n) is 1.68. The van der Waals surface area contributed by atoms with Crippen molar-refractivity contribution in [2.24, 2.45) is 0 Å². The standard InChI is InChI=1S/C15H20ClF3N2O2/c1-9(8-20-13(22)23-14(2,3)4)21-12-7-10(15(17,18)19)5-6-11(12)16/h5-7,9,21H,8H2,1-4H3,(H,20,22). The number of halogens is 4. The first kappa shape index (κ1) is 19.4. The molecular weight excluding hydrogens is 333 g/mol. The van der Waals surface area contributed by atoms with Gasteiger partial charge in [-0.15, -0.1) is 0 Å². The minimum Gasteiger partial charge on any atom is -0.444 e. The van der Waals surface area contributed by atoms with Crippen molar-refractivity contribution >= 4 is 23.4 Å². The zero-order valence-corrected chi connectivity index (χ0v) is 14.1. The first-order valence-corrected chi connectivity index (χ1v) is 7.36. The molecule has 0 saturated carbocycles. The first-order valence-electron chi connectivity index (χ1n) is 6.98. The van der Waals surface area contributed by atoms with E-state index in [4.69, 9.17) is 16.3 Å². The van der Waals surface area contributed by atoms with Gasteiger partial charge in [-0.3, -0.25) is 0 Å². The normalized spacial score (nSPS) is 13.4. The maximum absolute atomic E-state index is 12.7. The van der Waals surface area contributed by atoms with Gasteiger partial charge in [-0.05, 0) is 45.9 Å². The lowest BCUT2D eigenvalue weighted by Gasteiger charge is -2.22. The Labute approximate surface area is 138 Å². The van der Waals surface area contributed by atoms with Crippen LogP contribution in [0.3, 0.4) is 0 Å². The van der Waals surface area contributed by atoms with Crippen LogP contribution in [0.4, 0.5) is 23.7 Å². The van der Waals surface area contributed by atoms with Crippen molar-refractivity contribution in [3.8, 4) is 0 Å². The molecule has 1 amide bonds. The summed E-state index contributed by atoms with van der Waals surface area (Å²) in [5.41, 5.74) is -1.26. The van der Waals surface area contributed by atoms with Crippen LogP contribution in [-0.2, 0) is 10.9 Å². The third-order valence-corrected chi connectivity index (χ3v) is 2.98. The quantitative estimate of drug-likeness (QED) is 0.827. The zero-order chi connectivity index (χ0) is 17.8. The molecule has 8 heteroatoms. The molecule has 0 aliphatic carbocycles. The topological polar surface area (TPSA) is 50.4 Å². The maximum Gasteiger partial charge on any atom is 0.416 e. The number of hydrogen-bond acceptors (Lipinski definition) is 3. The second kappa shape index (κ2) is 7.29. The molecule has 1 aromatic rings. The molecule has 0 fully saturated rings. The second-order valence-corrected chi connectivity index (χ2v) is 6.53. The fraction of sp³-hybridized carbons (Fsp3) is 0.533. The molecule has 0 saturated heterocycles. The number of benzene rings is 1. The smallest absolute Gasteiger partial charge is 0.416 e. The average molecular weight is 353 g/mol. The van der Waals surface area contributed by atoms with Crippen LogP contribution in [-0.4, -0.2) is 24.3 Å². The highest BCUT2D eigenvalue weighted by molar-refractivity contribution is 6.33. The van der Waals surface area contributed by atoms with Gasteiger partial charge in [-0.25, -0.2) is 4.79 Å². The monoisotopic (exact) mass is 352 g/mol. The van der Waals surface area contributed by atoms with Crippen molar-refractivity contribution in [3.05, 3.63) is 28.8 Å². The highest BCUT2D eigenvalue weighted by Gasteiger charge is 2.31. The summed E-state index contributed by atoms with van der Waals surface area (Å²) in [5, 5.41) is 5.54. The Morgan fingerprint density at radius 1 is 1.30 bits per heavy atom. The van der Waals surface area contributed by atoms with Crippen molar-refractivity contribution in [2.75, 3.05) is 11.9 Å². The Bertz CT molecular complexity index is 557. The van der Waals surface area contributed by atoms with Crippen LogP contribution in [0, 0.1) is 0 Å². The number of hydrogen-bond donors (Lipinski definition) is 2. The van der Waals surface area contributed by atoms with Gasteiger partial charge in [0.05, 0.1) is 16.3 Å². The number of nitrogens with one attached hydrogen (secondary N) is 2. The van der Waals surface area contributed by atoms with Crippen molar-refractivity contribution in [3.63, 3.8) is 0 Å². The lowest BCUT2D eigenvalue weighted by molar-refractivity contribution is -0.137. The van der Waals surface area contributed by atoms with Crippen LogP contribution >= 0.6 is 11.6 Å². The molecule has 2 N–H and O–H groups in total. The molecule has 0 aliphatic heterocycles. The van der Waals surface area contributed by atoms with Crippen LogP contribution in [0.15, 0.2) is 18.2 Å². The molecule has 1 atom stereocenters. The van der Waals surface area contributed by atoms with E-state index in [-0.39, 0.29) is 23.3 Å². The van der Waals surface area contributed by atoms with E-state index in [0.29, 0.717) is 0 Å². The number of anilines is 1. The van der Waals surface area contributed by atoms with Gasteiger partial charge in [0.1, 0.15) is 5.60 Å². The Balaban J connectivity index is 2.64. The lowest BCUT2D eigenvalue weighted by atomic mass is 10.2. The van der Waals surface area contributed by atoms with Crippen LogP contribution in [0.5, 0.6) is 0 Å². The minimum absolute atomic E-state index is 0.153.